The molecule has 0 saturated carbocycles. The molecule has 0 spiro atoms. The van der Waals surface area contributed by atoms with E-state index < -0.39 is 0 Å². The van der Waals surface area contributed by atoms with Gasteiger partial charge in [0.2, 0.25) is 0 Å². The molecular formula is C47H100N8O. The van der Waals surface area contributed by atoms with Crippen molar-refractivity contribution in [3.8, 4) is 0 Å². The molecule has 0 amide bonds. The summed E-state index contributed by atoms with van der Waals surface area (Å²) < 4.78 is 6.23. The molecule has 0 aliphatic carbocycles. The summed E-state index contributed by atoms with van der Waals surface area (Å²) in [6.07, 6.45) is 45.3. The quantitative estimate of drug-likeness (QED) is 0.0273. The molecule has 0 atom stereocenters. The van der Waals surface area contributed by atoms with E-state index in [1.807, 2.05) is 0 Å². The molecule has 0 saturated heterocycles. The molecule has 0 aliphatic heterocycles. The van der Waals surface area contributed by atoms with Crippen LogP contribution in [0.2, 0.25) is 0 Å². The number of hydrogen-bond donors (Lipinski definition) is 4. The molecule has 334 valence electrons. The maximum Gasteiger partial charge on any atom is 0.185 e. The van der Waals surface area contributed by atoms with Crippen LogP contribution in [0.25, 0.3) is 0 Å². The van der Waals surface area contributed by atoms with Crippen molar-refractivity contribution in [3.05, 3.63) is 0 Å². The predicted octanol–water partition coefficient (Wildman–Crippen LogP) is 11.1. The molecule has 0 aromatic carbocycles. The smallest absolute Gasteiger partial charge is 0.185 e. The molecule has 0 radical (unpaired) electrons. The first-order chi connectivity index (χ1) is 27.5. The van der Waals surface area contributed by atoms with Crippen molar-refractivity contribution < 1.29 is 4.74 Å². The van der Waals surface area contributed by atoms with Gasteiger partial charge in [-0.2, -0.15) is 0 Å². The highest BCUT2D eigenvalue weighted by Gasteiger charge is 2.08. The number of ether oxygens (including phenoxy) is 1. The van der Waals surface area contributed by atoms with Gasteiger partial charge in [0.05, 0.1) is 13.2 Å². The second kappa shape index (κ2) is 46.1. The van der Waals surface area contributed by atoms with Gasteiger partial charge in [-0.1, -0.05) is 200 Å². The van der Waals surface area contributed by atoms with Gasteiger partial charge < -0.3 is 37.5 Å². The van der Waals surface area contributed by atoms with Gasteiger partial charge in [0.15, 0.2) is 11.9 Å². The van der Waals surface area contributed by atoms with Crippen LogP contribution in [0.4, 0.5) is 0 Å². The van der Waals surface area contributed by atoms with Crippen molar-refractivity contribution >= 4 is 11.9 Å². The molecule has 0 aliphatic rings. The minimum absolute atomic E-state index is 0.185. The van der Waals surface area contributed by atoms with Crippen molar-refractivity contribution in [2.24, 2.45) is 32.9 Å². The largest absolute Gasteiger partial charge is 0.379 e. The van der Waals surface area contributed by atoms with Gasteiger partial charge in [-0.15, -0.1) is 0 Å². The highest BCUT2D eigenvalue weighted by Crippen LogP contribution is 2.15. The van der Waals surface area contributed by atoms with Crippen molar-refractivity contribution in [1.82, 2.24) is 9.80 Å². The van der Waals surface area contributed by atoms with E-state index in [1.165, 1.54) is 199 Å². The molecule has 0 rings (SSSR count). The average Bonchev–Trinajstić information content (AvgIpc) is 3.18. The van der Waals surface area contributed by atoms with Crippen molar-refractivity contribution in [2.75, 3.05) is 65.6 Å². The van der Waals surface area contributed by atoms with E-state index >= 15 is 0 Å². The van der Waals surface area contributed by atoms with Crippen LogP contribution in [-0.2, 0) is 4.74 Å². The molecule has 9 heteroatoms. The first-order valence-corrected chi connectivity index (χ1v) is 24.6. The van der Waals surface area contributed by atoms with Crippen LogP contribution >= 0.6 is 0 Å². The van der Waals surface area contributed by atoms with E-state index in [9.17, 15) is 0 Å². The molecule has 0 fully saturated rings. The lowest BCUT2D eigenvalue weighted by Crippen LogP contribution is -2.33. The summed E-state index contributed by atoms with van der Waals surface area (Å²) >= 11 is 0. The normalized spacial score (nSPS) is 11.6. The third kappa shape index (κ3) is 45.1. The Morgan fingerprint density at radius 3 is 0.804 bits per heavy atom. The minimum Gasteiger partial charge on any atom is -0.379 e. The maximum absolute atomic E-state index is 6.23. The Bertz CT molecular complexity index is 818. The Kier molecular flexibility index (Phi) is 44.8. The van der Waals surface area contributed by atoms with E-state index in [2.05, 4.69) is 33.6 Å². The summed E-state index contributed by atoms with van der Waals surface area (Å²) in [5.74, 6) is 0.370. The third-order valence-electron chi connectivity index (χ3n) is 11.4. The molecule has 9 nitrogen and oxygen atoms in total. The van der Waals surface area contributed by atoms with Crippen LogP contribution in [0.1, 0.15) is 226 Å². The fourth-order valence-electron chi connectivity index (χ4n) is 7.76. The van der Waals surface area contributed by atoms with Gasteiger partial charge in [-0.25, -0.2) is 0 Å². The fourth-order valence-corrected chi connectivity index (χ4v) is 7.76. The molecular weight excluding hydrogens is 693 g/mol. The van der Waals surface area contributed by atoms with Gasteiger partial charge in [-0.3, -0.25) is 9.98 Å². The summed E-state index contributed by atoms with van der Waals surface area (Å²) in [5.41, 5.74) is 22.3. The van der Waals surface area contributed by atoms with E-state index in [0.29, 0.717) is 13.1 Å². The Labute approximate surface area is 349 Å². The topological polar surface area (TPSA) is 145 Å². The number of unbranched alkanes of at least 4 members (excludes halogenated alkanes) is 29. The SMILES string of the molecule is CCCCCCCCCCCCCCCCCCN(CCCN=C(N)N)CCOCCN(CCCCCCCCCCCCCCCCC)CCCN=C(N)N. The van der Waals surface area contributed by atoms with Crippen LogP contribution < -0.4 is 22.9 Å². The number of rotatable bonds is 47. The van der Waals surface area contributed by atoms with E-state index in [1.54, 1.807) is 0 Å². The Hall–Kier alpha value is -1.58. The first-order valence-electron chi connectivity index (χ1n) is 24.6. The molecule has 56 heavy (non-hydrogen) atoms. The number of hydrogen-bond acceptors (Lipinski definition) is 5. The highest BCUT2D eigenvalue weighted by molar-refractivity contribution is 5.75. The van der Waals surface area contributed by atoms with Gasteiger partial charge in [-0.05, 0) is 51.9 Å². The molecule has 8 N–H and O–H groups in total. The summed E-state index contributed by atoms with van der Waals surface area (Å²) in [6.45, 7) is 13.7. The number of guanidine groups is 2. The summed E-state index contributed by atoms with van der Waals surface area (Å²) in [5, 5.41) is 0. The third-order valence-corrected chi connectivity index (χ3v) is 11.4. The molecule has 0 unspecified atom stereocenters. The minimum atomic E-state index is 0.185. The summed E-state index contributed by atoms with van der Waals surface area (Å²) in [6, 6.07) is 0. The zero-order valence-electron chi connectivity index (χ0n) is 37.9. The number of nitrogens with two attached hydrogens (primary N) is 4. The maximum atomic E-state index is 6.23. The van der Waals surface area contributed by atoms with Gasteiger partial charge in [0.25, 0.3) is 0 Å². The van der Waals surface area contributed by atoms with Gasteiger partial charge in [0, 0.05) is 26.2 Å². The van der Waals surface area contributed by atoms with Crippen LogP contribution in [0, 0.1) is 0 Å². The molecule has 0 aromatic rings. The van der Waals surface area contributed by atoms with E-state index in [0.717, 1.165) is 65.3 Å². The Morgan fingerprint density at radius 1 is 0.321 bits per heavy atom. The molecule has 0 heterocycles. The zero-order valence-corrected chi connectivity index (χ0v) is 37.9. The van der Waals surface area contributed by atoms with E-state index in [4.69, 9.17) is 27.7 Å². The summed E-state index contributed by atoms with van der Waals surface area (Å²) in [4.78, 5) is 13.5. The average molecular weight is 793 g/mol. The Balaban J connectivity index is 4.23. The van der Waals surface area contributed by atoms with Crippen molar-refractivity contribution in [2.45, 2.75) is 226 Å². The fraction of sp³-hybridized carbons (Fsp3) is 0.957. The highest BCUT2D eigenvalue weighted by atomic mass is 16.5. The predicted molar refractivity (Wildman–Crippen MR) is 249 cm³/mol. The second-order valence-corrected chi connectivity index (χ2v) is 16.9. The van der Waals surface area contributed by atoms with Crippen molar-refractivity contribution in [3.63, 3.8) is 0 Å². The molecule has 0 bridgehead atoms. The second-order valence-electron chi connectivity index (χ2n) is 16.9. The van der Waals surface area contributed by atoms with Crippen LogP contribution in [0.15, 0.2) is 9.98 Å². The lowest BCUT2D eigenvalue weighted by Gasteiger charge is -2.24. The lowest BCUT2D eigenvalue weighted by atomic mass is 10.0. The van der Waals surface area contributed by atoms with Gasteiger partial charge >= 0.3 is 0 Å². The standard InChI is InChI=1S/C47H100N8O/c1-3-5-7-9-11-13-15-17-19-21-23-25-27-29-31-33-39-55(41-35-37-53-47(50)51)43-45-56-44-42-54(40-34-36-52-46(48)49)38-32-30-28-26-24-22-20-18-16-14-12-10-8-6-4-2/h3-45H2,1-2H3,(H4,48,49,52)(H4,50,51,53). The lowest BCUT2D eigenvalue weighted by molar-refractivity contribution is 0.0814. The van der Waals surface area contributed by atoms with Crippen LogP contribution in [0.3, 0.4) is 0 Å². The van der Waals surface area contributed by atoms with E-state index in [-0.39, 0.29) is 11.9 Å². The summed E-state index contributed by atoms with van der Waals surface area (Å²) in [7, 11) is 0. The zero-order chi connectivity index (χ0) is 40.8. The van der Waals surface area contributed by atoms with Crippen LogP contribution in [0.5, 0.6) is 0 Å². The monoisotopic (exact) mass is 793 g/mol. The number of nitrogens with zero attached hydrogens (tertiary/aromatic N) is 4. The first kappa shape index (κ1) is 54.4. The Morgan fingerprint density at radius 2 is 0.554 bits per heavy atom. The van der Waals surface area contributed by atoms with Crippen LogP contribution in [-0.4, -0.2) is 87.3 Å². The number of aliphatic imine (C=N–C) groups is 2. The van der Waals surface area contributed by atoms with Crippen molar-refractivity contribution in [1.29, 1.82) is 0 Å². The van der Waals surface area contributed by atoms with Gasteiger partial charge in [0.1, 0.15) is 0 Å². The molecule has 0 aromatic heterocycles.